The van der Waals surface area contributed by atoms with Gasteiger partial charge in [-0.2, -0.15) is 0 Å². The van der Waals surface area contributed by atoms with Crippen molar-refractivity contribution in [2.45, 2.75) is 31.6 Å². The maximum Gasteiger partial charge on any atom is 0.0979 e. The summed E-state index contributed by atoms with van der Waals surface area (Å²) >= 11 is 0. The first kappa shape index (κ1) is 16.9. The molecule has 24 heavy (non-hydrogen) atoms. The molecule has 0 heterocycles. The molecule has 0 aliphatic heterocycles. The smallest absolute Gasteiger partial charge is 0.0979 e. The molecule has 3 aromatic carbocycles. The fraction of sp³-hybridized carbons (Fsp3) is 0.238. The number of fused-ring (bicyclic) bond motifs is 1. The second-order valence-corrected chi connectivity index (χ2v) is 8.95. The van der Waals surface area contributed by atoms with E-state index in [1.54, 1.807) is 0 Å². The molecular weight excluding hydrogens is 314 g/mol. The van der Waals surface area contributed by atoms with Crippen LogP contribution in [0.3, 0.4) is 0 Å². The average molecular weight is 337 g/mol. The molecule has 0 radical (unpaired) electrons. The maximum atomic E-state index is 12.7. The van der Waals surface area contributed by atoms with Gasteiger partial charge in [0.05, 0.1) is 21.8 Å². The Morgan fingerprint density at radius 3 is 2.08 bits per heavy atom. The van der Waals surface area contributed by atoms with Crippen LogP contribution in [0.15, 0.2) is 72.8 Å². The minimum absolute atomic E-state index is 0.101. The van der Waals surface area contributed by atoms with Crippen LogP contribution in [0.25, 0.3) is 10.8 Å². The van der Waals surface area contributed by atoms with E-state index in [1.807, 2.05) is 51.1 Å². The number of benzene rings is 3. The molecule has 0 aliphatic rings. The predicted molar refractivity (Wildman–Crippen MR) is 103 cm³/mol. The third-order valence-corrected chi connectivity index (χ3v) is 5.58. The van der Waals surface area contributed by atoms with Crippen molar-refractivity contribution in [3.8, 4) is 0 Å². The summed E-state index contributed by atoms with van der Waals surface area (Å²) in [6.45, 7) is 5.95. The zero-order valence-electron chi connectivity index (χ0n) is 14.3. The number of rotatable bonds is 4. The van der Waals surface area contributed by atoms with E-state index in [0.717, 1.165) is 11.1 Å². The molecule has 0 spiro atoms. The van der Waals surface area contributed by atoms with E-state index >= 15 is 0 Å². The molecule has 124 valence electrons. The Morgan fingerprint density at radius 1 is 0.792 bits per heavy atom. The van der Waals surface area contributed by atoms with Gasteiger partial charge in [-0.05, 0) is 48.7 Å². The van der Waals surface area contributed by atoms with Crippen LogP contribution in [0.1, 0.15) is 37.9 Å². The van der Waals surface area contributed by atoms with Crippen LogP contribution < -0.4 is 4.72 Å². The third kappa shape index (κ3) is 3.74. The highest BCUT2D eigenvalue weighted by atomic mass is 32.2. The van der Waals surface area contributed by atoms with E-state index in [9.17, 15) is 4.21 Å². The molecule has 0 unspecified atom stereocenters. The van der Waals surface area contributed by atoms with E-state index in [1.165, 1.54) is 10.8 Å². The molecule has 2 atom stereocenters. The van der Waals surface area contributed by atoms with Crippen LogP contribution in [-0.4, -0.2) is 8.96 Å². The minimum atomic E-state index is -1.15. The van der Waals surface area contributed by atoms with Crippen LogP contribution in [0.2, 0.25) is 0 Å². The van der Waals surface area contributed by atoms with Gasteiger partial charge in [0.2, 0.25) is 0 Å². The predicted octanol–water partition coefficient (Wildman–Crippen LogP) is 4.98. The normalized spacial score (nSPS) is 14.5. The fourth-order valence-electron chi connectivity index (χ4n) is 2.65. The summed E-state index contributed by atoms with van der Waals surface area (Å²) in [4.78, 5) is 0. The topological polar surface area (TPSA) is 29.1 Å². The van der Waals surface area contributed by atoms with Crippen molar-refractivity contribution in [1.29, 1.82) is 0 Å². The Labute approximate surface area is 146 Å². The summed E-state index contributed by atoms with van der Waals surface area (Å²) in [5.74, 6) is 0. The van der Waals surface area contributed by atoms with Crippen molar-refractivity contribution in [1.82, 2.24) is 4.72 Å². The van der Waals surface area contributed by atoms with Crippen molar-refractivity contribution < 1.29 is 4.21 Å². The summed E-state index contributed by atoms with van der Waals surface area (Å²) < 4.78 is 15.7. The van der Waals surface area contributed by atoms with Gasteiger partial charge in [-0.1, -0.05) is 66.7 Å². The minimum Gasteiger partial charge on any atom is -0.242 e. The molecule has 0 saturated heterocycles. The summed E-state index contributed by atoms with van der Waals surface area (Å²) in [6.07, 6.45) is 0. The Hall–Kier alpha value is -1.97. The number of nitrogens with one attached hydrogen (secondary N) is 1. The molecule has 0 saturated carbocycles. The SMILES string of the molecule is CC(C)(C)[S@@](=O)N[C@H](c1ccccc1)c1ccc2ccccc2c1. The quantitative estimate of drug-likeness (QED) is 0.714. The second-order valence-electron chi connectivity index (χ2n) is 6.95. The molecular formula is C21H23NOS. The Balaban J connectivity index is 2.04. The molecule has 2 nitrogen and oxygen atoms in total. The van der Waals surface area contributed by atoms with Gasteiger partial charge < -0.3 is 0 Å². The van der Waals surface area contributed by atoms with E-state index in [-0.39, 0.29) is 10.8 Å². The van der Waals surface area contributed by atoms with E-state index in [0.29, 0.717) is 0 Å². The van der Waals surface area contributed by atoms with Crippen LogP contribution >= 0.6 is 0 Å². The van der Waals surface area contributed by atoms with Gasteiger partial charge in [-0.3, -0.25) is 0 Å². The summed E-state index contributed by atoms with van der Waals surface area (Å²) in [5.41, 5.74) is 2.24. The lowest BCUT2D eigenvalue weighted by Crippen LogP contribution is -2.36. The monoisotopic (exact) mass is 337 g/mol. The van der Waals surface area contributed by atoms with Gasteiger partial charge in [-0.25, -0.2) is 8.93 Å². The Kier molecular flexibility index (Phi) is 4.83. The Bertz CT molecular complexity index is 852. The first-order valence-electron chi connectivity index (χ1n) is 8.17. The molecule has 0 bridgehead atoms. The molecule has 0 aromatic heterocycles. The number of hydrogen-bond donors (Lipinski definition) is 1. The van der Waals surface area contributed by atoms with Gasteiger partial charge in [0.25, 0.3) is 0 Å². The summed E-state index contributed by atoms with van der Waals surface area (Å²) in [6, 6.07) is 24.8. The largest absolute Gasteiger partial charge is 0.242 e. The van der Waals surface area contributed by atoms with E-state index < -0.39 is 11.0 Å². The van der Waals surface area contributed by atoms with E-state index in [2.05, 4.69) is 47.2 Å². The standard InChI is InChI=1S/C21H23NOS/c1-21(2,3)24(23)22-20(17-10-5-4-6-11-17)19-14-13-16-9-7-8-12-18(16)15-19/h4-15,20,22H,1-3H3/t20-,24-/m1/s1. The molecule has 0 aliphatic carbocycles. The van der Waals surface area contributed by atoms with Gasteiger partial charge in [0.1, 0.15) is 0 Å². The lowest BCUT2D eigenvalue weighted by Gasteiger charge is -2.25. The molecule has 3 aromatic rings. The molecule has 1 N–H and O–H groups in total. The van der Waals surface area contributed by atoms with Crippen molar-refractivity contribution in [2.75, 3.05) is 0 Å². The van der Waals surface area contributed by atoms with Gasteiger partial charge in [0.15, 0.2) is 0 Å². The zero-order valence-corrected chi connectivity index (χ0v) is 15.1. The van der Waals surface area contributed by atoms with Gasteiger partial charge >= 0.3 is 0 Å². The first-order valence-corrected chi connectivity index (χ1v) is 9.32. The zero-order chi connectivity index (χ0) is 17.2. The summed E-state index contributed by atoms with van der Waals surface area (Å²) in [5, 5.41) is 2.41. The van der Waals surface area contributed by atoms with Crippen LogP contribution in [0.5, 0.6) is 0 Å². The summed E-state index contributed by atoms with van der Waals surface area (Å²) in [7, 11) is -1.15. The average Bonchev–Trinajstić information content (AvgIpc) is 2.59. The molecule has 3 rings (SSSR count). The highest BCUT2D eigenvalue weighted by molar-refractivity contribution is 7.84. The molecule has 3 heteroatoms. The van der Waals surface area contributed by atoms with E-state index in [4.69, 9.17) is 0 Å². The van der Waals surface area contributed by atoms with Gasteiger partial charge in [-0.15, -0.1) is 0 Å². The molecule has 0 fully saturated rings. The number of hydrogen-bond acceptors (Lipinski definition) is 1. The van der Waals surface area contributed by atoms with Crippen molar-refractivity contribution in [2.24, 2.45) is 0 Å². The van der Waals surface area contributed by atoms with Crippen molar-refractivity contribution >= 4 is 21.8 Å². The van der Waals surface area contributed by atoms with Gasteiger partial charge in [0, 0.05) is 0 Å². The van der Waals surface area contributed by atoms with Crippen molar-refractivity contribution in [3.05, 3.63) is 83.9 Å². The lowest BCUT2D eigenvalue weighted by molar-refractivity contribution is 0.623. The van der Waals surface area contributed by atoms with Crippen LogP contribution in [0, 0.1) is 0 Å². The highest BCUT2D eigenvalue weighted by Crippen LogP contribution is 2.27. The lowest BCUT2D eigenvalue weighted by atomic mass is 9.97. The fourth-order valence-corrected chi connectivity index (χ4v) is 3.48. The first-order chi connectivity index (χ1) is 11.4. The Morgan fingerprint density at radius 2 is 1.42 bits per heavy atom. The van der Waals surface area contributed by atoms with Crippen LogP contribution in [-0.2, 0) is 11.0 Å². The molecule has 0 amide bonds. The van der Waals surface area contributed by atoms with Crippen LogP contribution in [0.4, 0.5) is 0 Å². The maximum absolute atomic E-state index is 12.7. The van der Waals surface area contributed by atoms with Crippen molar-refractivity contribution in [3.63, 3.8) is 0 Å². The second kappa shape index (κ2) is 6.88. The highest BCUT2D eigenvalue weighted by Gasteiger charge is 2.24. The third-order valence-electron chi connectivity index (χ3n) is 4.02.